The maximum Gasteiger partial charge on any atom is 0.244 e. The molecule has 1 atom stereocenters. The summed E-state index contributed by atoms with van der Waals surface area (Å²) in [5.41, 5.74) is 0.656. The normalized spacial score (nSPS) is 11.3. The van der Waals surface area contributed by atoms with E-state index in [0.717, 1.165) is 6.42 Å². The van der Waals surface area contributed by atoms with E-state index in [2.05, 4.69) is 0 Å². The molecule has 0 radical (unpaired) electrons. The van der Waals surface area contributed by atoms with E-state index in [0.29, 0.717) is 12.1 Å². The minimum atomic E-state index is -0.868. The van der Waals surface area contributed by atoms with Crippen molar-refractivity contribution in [1.29, 1.82) is 5.26 Å². The molecule has 0 aliphatic heterocycles. The molecule has 2 amide bonds. The average molecular weight is 287 g/mol. The smallest absolute Gasteiger partial charge is 0.244 e. The summed E-state index contributed by atoms with van der Waals surface area (Å²) in [5.74, 6) is -1.34. The first kappa shape index (κ1) is 16.7. The number of hydrogen-bond acceptors (Lipinski definition) is 3. The Labute approximate surface area is 125 Å². The van der Waals surface area contributed by atoms with Gasteiger partial charge in [-0.25, -0.2) is 0 Å². The molecule has 0 aliphatic rings. The van der Waals surface area contributed by atoms with Crippen molar-refractivity contribution in [1.82, 2.24) is 9.80 Å². The van der Waals surface area contributed by atoms with Gasteiger partial charge in [0.25, 0.3) is 0 Å². The van der Waals surface area contributed by atoms with Gasteiger partial charge in [0, 0.05) is 20.6 Å². The molecule has 5 heteroatoms. The van der Waals surface area contributed by atoms with Crippen molar-refractivity contribution in [2.75, 3.05) is 27.2 Å². The summed E-state index contributed by atoms with van der Waals surface area (Å²) in [5, 5.41) is 9.32. The summed E-state index contributed by atoms with van der Waals surface area (Å²) in [6.45, 7) is 2.40. The molecule has 0 N–H and O–H groups in total. The molecule has 0 spiro atoms. The van der Waals surface area contributed by atoms with Crippen LogP contribution >= 0.6 is 0 Å². The summed E-state index contributed by atoms with van der Waals surface area (Å²) in [4.78, 5) is 27.3. The molecule has 112 valence electrons. The topological polar surface area (TPSA) is 64.4 Å². The van der Waals surface area contributed by atoms with Crippen LogP contribution in [0.4, 0.5) is 0 Å². The quantitative estimate of drug-likeness (QED) is 0.798. The maximum atomic E-state index is 12.6. The molecule has 0 saturated heterocycles. The fraction of sp³-hybridized carbons (Fsp3) is 0.438. The van der Waals surface area contributed by atoms with E-state index in [4.69, 9.17) is 0 Å². The zero-order valence-corrected chi connectivity index (χ0v) is 12.7. The number of carbonyl (C=O) groups is 2. The van der Waals surface area contributed by atoms with Crippen molar-refractivity contribution < 1.29 is 9.59 Å². The van der Waals surface area contributed by atoms with Crippen molar-refractivity contribution >= 4 is 11.8 Å². The monoisotopic (exact) mass is 287 g/mol. The third-order valence-corrected chi connectivity index (χ3v) is 3.14. The summed E-state index contributed by atoms with van der Waals surface area (Å²) < 4.78 is 0. The lowest BCUT2D eigenvalue weighted by atomic mass is 9.99. The van der Waals surface area contributed by atoms with Gasteiger partial charge in [-0.15, -0.1) is 0 Å². The Hall–Kier alpha value is -2.35. The van der Waals surface area contributed by atoms with E-state index < -0.39 is 5.92 Å². The van der Waals surface area contributed by atoms with E-state index in [-0.39, 0.29) is 18.4 Å². The van der Waals surface area contributed by atoms with Gasteiger partial charge in [0.2, 0.25) is 11.8 Å². The molecular weight excluding hydrogens is 266 g/mol. The number of nitrogens with zero attached hydrogens (tertiary/aromatic N) is 3. The van der Waals surface area contributed by atoms with Gasteiger partial charge < -0.3 is 9.80 Å². The molecule has 0 saturated carbocycles. The lowest BCUT2D eigenvalue weighted by Crippen LogP contribution is -2.42. The van der Waals surface area contributed by atoms with E-state index in [9.17, 15) is 14.9 Å². The molecule has 0 aromatic heterocycles. The van der Waals surface area contributed by atoms with Crippen molar-refractivity contribution in [2.24, 2.45) is 0 Å². The lowest BCUT2D eigenvalue weighted by Gasteiger charge is -2.25. The van der Waals surface area contributed by atoms with Crippen LogP contribution in [0, 0.1) is 11.3 Å². The maximum absolute atomic E-state index is 12.6. The Kier molecular flexibility index (Phi) is 6.41. The predicted octanol–water partition coefficient (Wildman–Crippen LogP) is 1.62. The summed E-state index contributed by atoms with van der Waals surface area (Å²) in [6, 6.07) is 11.0. The SMILES string of the molecule is CCCN(CC(=O)N(C)C)C(=O)C(C#N)c1ccccc1. The van der Waals surface area contributed by atoms with Crippen LogP contribution in [0.2, 0.25) is 0 Å². The number of likely N-dealkylation sites (N-methyl/N-ethyl adjacent to an activating group) is 1. The van der Waals surface area contributed by atoms with Crippen LogP contribution in [0.3, 0.4) is 0 Å². The van der Waals surface area contributed by atoms with Gasteiger partial charge >= 0.3 is 0 Å². The van der Waals surface area contributed by atoms with Crippen LogP contribution < -0.4 is 0 Å². The average Bonchev–Trinajstić information content (AvgIpc) is 2.48. The second kappa shape index (κ2) is 8.05. The first-order valence-corrected chi connectivity index (χ1v) is 6.94. The highest BCUT2D eigenvalue weighted by Gasteiger charge is 2.27. The standard InChI is InChI=1S/C16H21N3O2/c1-4-10-19(12-15(20)18(2)3)16(21)14(11-17)13-8-6-5-7-9-13/h5-9,14H,4,10,12H2,1-3H3. The summed E-state index contributed by atoms with van der Waals surface area (Å²) in [6.07, 6.45) is 0.736. The Morgan fingerprint density at radius 2 is 1.86 bits per heavy atom. The van der Waals surface area contributed by atoms with Gasteiger partial charge in [-0.2, -0.15) is 5.26 Å². The first-order valence-electron chi connectivity index (χ1n) is 6.94. The van der Waals surface area contributed by atoms with Gasteiger partial charge in [0.05, 0.1) is 12.6 Å². The third-order valence-electron chi connectivity index (χ3n) is 3.14. The van der Waals surface area contributed by atoms with Crippen LogP contribution in [0.5, 0.6) is 0 Å². The Bertz CT molecular complexity index is 520. The van der Waals surface area contributed by atoms with E-state index >= 15 is 0 Å². The van der Waals surface area contributed by atoms with Crippen LogP contribution in [0.15, 0.2) is 30.3 Å². The Balaban J connectivity index is 2.93. The number of hydrogen-bond donors (Lipinski definition) is 0. The summed E-state index contributed by atoms with van der Waals surface area (Å²) in [7, 11) is 3.30. The summed E-state index contributed by atoms with van der Waals surface area (Å²) >= 11 is 0. The van der Waals surface area contributed by atoms with Gasteiger partial charge in [-0.05, 0) is 12.0 Å². The van der Waals surface area contributed by atoms with E-state index in [1.807, 2.05) is 19.1 Å². The third kappa shape index (κ3) is 4.60. The van der Waals surface area contributed by atoms with Crippen molar-refractivity contribution in [3.8, 4) is 6.07 Å². The lowest BCUT2D eigenvalue weighted by molar-refractivity contribution is -0.139. The largest absolute Gasteiger partial charge is 0.347 e. The number of benzene rings is 1. The van der Waals surface area contributed by atoms with Crippen LogP contribution in [-0.2, 0) is 9.59 Å². The van der Waals surface area contributed by atoms with E-state index in [1.54, 1.807) is 38.4 Å². The molecule has 0 heterocycles. The van der Waals surface area contributed by atoms with Crippen molar-refractivity contribution in [2.45, 2.75) is 19.3 Å². The molecule has 1 rings (SSSR count). The Morgan fingerprint density at radius 3 is 2.33 bits per heavy atom. The fourth-order valence-electron chi connectivity index (χ4n) is 1.94. The molecule has 21 heavy (non-hydrogen) atoms. The number of carbonyl (C=O) groups excluding carboxylic acids is 2. The van der Waals surface area contributed by atoms with Crippen molar-refractivity contribution in [3.63, 3.8) is 0 Å². The fourth-order valence-corrected chi connectivity index (χ4v) is 1.94. The highest BCUT2D eigenvalue weighted by molar-refractivity contribution is 5.90. The minimum absolute atomic E-state index is 0.00465. The highest BCUT2D eigenvalue weighted by Crippen LogP contribution is 2.18. The molecular formula is C16H21N3O2. The van der Waals surface area contributed by atoms with Crippen molar-refractivity contribution in [3.05, 3.63) is 35.9 Å². The van der Waals surface area contributed by atoms with Gasteiger partial charge in [-0.1, -0.05) is 37.3 Å². The highest BCUT2D eigenvalue weighted by atomic mass is 16.2. The molecule has 0 aliphatic carbocycles. The molecule has 1 aromatic rings. The van der Waals surface area contributed by atoms with Crippen LogP contribution in [-0.4, -0.2) is 48.8 Å². The number of amides is 2. The molecule has 5 nitrogen and oxygen atoms in total. The van der Waals surface area contributed by atoms with E-state index in [1.165, 1.54) is 9.80 Å². The molecule has 1 aromatic carbocycles. The molecule has 1 unspecified atom stereocenters. The minimum Gasteiger partial charge on any atom is -0.347 e. The predicted molar refractivity (Wildman–Crippen MR) is 80.4 cm³/mol. The Morgan fingerprint density at radius 1 is 1.24 bits per heavy atom. The van der Waals surface area contributed by atoms with Crippen LogP contribution in [0.1, 0.15) is 24.8 Å². The van der Waals surface area contributed by atoms with Gasteiger partial charge in [-0.3, -0.25) is 9.59 Å². The van der Waals surface area contributed by atoms with Gasteiger partial charge in [0.15, 0.2) is 0 Å². The molecule has 0 bridgehead atoms. The molecule has 0 fully saturated rings. The zero-order valence-electron chi connectivity index (χ0n) is 12.7. The number of rotatable bonds is 6. The second-order valence-electron chi connectivity index (χ2n) is 5.02. The zero-order chi connectivity index (χ0) is 15.8. The number of nitriles is 1. The first-order chi connectivity index (χ1) is 10.0. The second-order valence-corrected chi connectivity index (χ2v) is 5.02. The van der Waals surface area contributed by atoms with Gasteiger partial charge in [0.1, 0.15) is 5.92 Å². The van der Waals surface area contributed by atoms with Crippen LogP contribution in [0.25, 0.3) is 0 Å².